The van der Waals surface area contributed by atoms with Crippen LogP contribution in [0.25, 0.3) is 0 Å². The Balaban J connectivity index is -0.0000000183. The van der Waals surface area contributed by atoms with Crippen LogP contribution in [0, 0.1) is 11.5 Å². The maximum Gasteiger partial charge on any atom is 2.00 e. The Kier molecular flexibility index (Phi) is 63.2. The minimum absolute atomic E-state index is 0. The van der Waals surface area contributed by atoms with Crippen LogP contribution in [0.5, 0.6) is 0 Å². The molecule has 4 heteroatoms. The van der Waals surface area contributed by atoms with Crippen molar-refractivity contribution in [1.82, 2.24) is 0 Å². The van der Waals surface area contributed by atoms with Gasteiger partial charge in [0.25, 0.3) is 0 Å². The molecule has 42 valence electrons. The zero-order valence-electron chi connectivity index (χ0n) is 5.58. The molecule has 0 aliphatic carbocycles. The predicted octanol–water partition coefficient (Wildman–Crippen LogP) is 1.94. The molecule has 0 nitrogen and oxygen atoms in total. The van der Waals surface area contributed by atoms with Crippen LogP contribution in [0.3, 0.4) is 0 Å². The summed E-state index contributed by atoms with van der Waals surface area (Å²) < 4.78 is 0. The predicted molar refractivity (Wildman–Crippen MR) is 48.0 cm³/mol. The molecule has 0 aliphatic heterocycles. The van der Waals surface area contributed by atoms with Crippen LogP contribution in [0.15, 0.2) is 0 Å². The maximum absolute atomic E-state index is 3.74. The Hall–Kier alpha value is 2.82. The molecule has 0 unspecified atom stereocenters. The maximum atomic E-state index is 3.74. The van der Waals surface area contributed by atoms with E-state index in [-0.39, 0.29) is 64.6 Å². The third kappa shape index (κ3) is 67.9. The molecule has 0 saturated carbocycles. The van der Waals surface area contributed by atoms with Crippen LogP contribution in [0.2, 0.25) is 13.1 Å². The number of rotatable bonds is 0. The molecule has 0 fully saturated rings. The quantitative estimate of drug-likeness (QED) is 0.363. The van der Waals surface area contributed by atoms with E-state index < -0.39 is 0 Å². The third-order valence-corrected chi connectivity index (χ3v) is 0. The molecule has 0 heterocycles. The Labute approximate surface area is 110 Å². The fraction of sp³-hybridized carbons (Fsp3) is 0.500. The van der Waals surface area contributed by atoms with Crippen molar-refractivity contribution in [1.29, 1.82) is 0 Å². The van der Waals surface area contributed by atoms with Gasteiger partial charge in [-0.2, -0.15) is 0 Å². The average Bonchev–Trinajstić information content (AvgIpc) is 1.41. The van der Waals surface area contributed by atoms with Gasteiger partial charge in [-0.3, -0.25) is 4.93 Å². The van der Waals surface area contributed by atoms with E-state index in [1.54, 1.807) is 0 Å². The summed E-state index contributed by atoms with van der Waals surface area (Å²) in [5.41, 5.74) is 0. The zero-order chi connectivity index (χ0) is 5.58. The molecule has 0 saturated heterocycles. The van der Waals surface area contributed by atoms with Gasteiger partial charge in [0.2, 0.25) is 0 Å². The number of hydrogen-bond acceptors (Lipinski definition) is 0. The van der Waals surface area contributed by atoms with Gasteiger partial charge in [0.15, 0.2) is 0 Å². The van der Waals surface area contributed by atoms with Gasteiger partial charge in [0.05, 0.1) is 0 Å². The summed E-state index contributed by atoms with van der Waals surface area (Å²) >= 11 is 1.90. The van der Waals surface area contributed by atoms with Gasteiger partial charge in [-0.15, -0.1) is 8.80 Å². The van der Waals surface area contributed by atoms with Crippen molar-refractivity contribution >= 4 is 54.4 Å². The van der Waals surface area contributed by atoms with Crippen molar-refractivity contribution in [3.8, 4) is 0 Å². The van der Waals surface area contributed by atoms with Gasteiger partial charge < -0.3 is 29.1 Å². The Bertz CT molecular complexity index is 20.8. The van der Waals surface area contributed by atoms with Gasteiger partial charge in [0.1, 0.15) is 0 Å². The molecule has 2 radical (unpaired) electrons. The fourth-order valence-corrected chi connectivity index (χ4v) is 0. The van der Waals surface area contributed by atoms with Crippen LogP contribution in [0.4, 0.5) is 0 Å². The van der Waals surface area contributed by atoms with Gasteiger partial charge in [-0.1, -0.05) is 13.1 Å². The van der Waals surface area contributed by atoms with Crippen LogP contribution in [0.1, 0.15) is 0 Å². The van der Waals surface area contributed by atoms with Crippen LogP contribution >= 0.6 is 22.6 Å². The van der Waals surface area contributed by atoms with Crippen LogP contribution < -0.4 is 0 Å². The van der Waals surface area contributed by atoms with E-state index in [1.165, 1.54) is 0 Å². The van der Waals surface area contributed by atoms with Crippen molar-refractivity contribution in [3.05, 3.63) is 11.5 Å². The summed E-state index contributed by atoms with van der Waals surface area (Å²) in [5.74, 6) is 0. The van der Waals surface area contributed by atoms with Gasteiger partial charge in [-0.25, -0.2) is 0 Å². The van der Waals surface area contributed by atoms with Gasteiger partial charge in [0, 0.05) is 32.7 Å². The molecular weight excluding hydrogens is 316 g/mol. The van der Waals surface area contributed by atoms with E-state index in [1.807, 2.05) is 22.6 Å². The van der Waals surface area contributed by atoms with Crippen molar-refractivity contribution in [2.45, 2.75) is 13.1 Å². The first-order valence-electron chi connectivity index (χ1n) is 1.62. The Morgan fingerprint density at radius 2 is 1.25 bits per heavy atom. The Morgan fingerprint density at radius 1 is 1.25 bits per heavy atom. The summed E-state index contributed by atoms with van der Waals surface area (Å²) in [5, 5.41) is 0. The van der Waals surface area contributed by atoms with Crippen LogP contribution in [-0.2, 0) is 32.7 Å². The van der Waals surface area contributed by atoms with Crippen molar-refractivity contribution in [2.75, 3.05) is 0 Å². The summed E-state index contributed by atoms with van der Waals surface area (Å²) in [7, 11) is -0.130. The molecule has 0 rings (SSSR count). The van der Waals surface area contributed by atoms with E-state index in [2.05, 4.69) is 24.6 Å². The smallest absolute Gasteiger partial charge is 0.346 e. The van der Waals surface area contributed by atoms with Crippen molar-refractivity contribution < 1.29 is 32.7 Å². The molecule has 0 aliphatic rings. The normalized spacial score (nSPS) is 5.25. The van der Waals surface area contributed by atoms with E-state index >= 15 is 0 Å². The number of halogens is 1. The van der Waals surface area contributed by atoms with Gasteiger partial charge >= 0.3 is 23.1 Å². The zero-order valence-corrected chi connectivity index (χ0v) is 13.0. The van der Waals surface area contributed by atoms with Crippen LogP contribution in [-0.4, -0.2) is 31.8 Å². The van der Waals surface area contributed by atoms with Crippen molar-refractivity contribution in [2.24, 2.45) is 0 Å². The largest absolute Gasteiger partial charge is 2.00 e. The minimum atomic E-state index is -0.130. The first kappa shape index (κ1) is 22.4. The second-order valence-electron chi connectivity index (χ2n) is 1.21. The molecule has 0 aromatic rings. The molecule has 0 atom stereocenters. The average molecular weight is 326 g/mol. The molecule has 0 amide bonds. The summed E-state index contributed by atoms with van der Waals surface area (Å²) in [6.45, 7) is 8.06. The summed E-state index contributed by atoms with van der Waals surface area (Å²) in [6.07, 6.45) is 0. The Morgan fingerprint density at radius 3 is 1.25 bits per heavy atom. The molecule has 8 heavy (non-hydrogen) atoms. The molecular formula is C4H10IMgSiY. The van der Waals surface area contributed by atoms with Gasteiger partial charge in [-0.05, 0) is 0 Å². The molecule has 0 N–H and O–H groups in total. The summed E-state index contributed by atoms with van der Waals surface area (Å²) in [4.78, 5) is 3.22. The topological polar surface area (TPSA) is 0 Å². The molecule has 0 aromatic carbocycles. The second-order valence-corrected chi connectivity index (χ2v) is 3.62. The molecule has 0 spiro atoms. The SMILES string of the molecule is [CH2-]I.[CH2-][Si](C)C.[Mg+2].[Y]. The standard InChI is InChI=1S/C3H8Si.CH2I.Mg.Y/c1-4(2)3;1-2;;/h1H2,2-3H3;1H2;;/q2*-1;+2;. The van der Waals surface area contributed by atoms with E-state index in [9.17, 15) is 0 Å². The van der Waals surface area contributed by atoms with E-state index in [0.29, 0.717) is 0 Å². The fourth-order valence-electron chi connectivity index (χ4n) is 0. The first-order valence-corrected chi connectivity index (χ1v) is 5.85. The molecule has 0 bridgehead atoms. The third-order valence-electron chi connectivity index (χ3n) is 0. The first-order chi connectivity index (χ1) is 2.73. The van der Waals surface area contributed by atoms with E-state index in [4.69, 9.17) is 0 Å². The summed E-state index contributed by atoms with van der Waals surface area (Å²) in [6, 6.07) is 0. The monoisotopic (exact) mass is 326 g/mol. The van der Waals surface area contributed by atoms with E-state index in [0.717, 1.165) is 0 Å². The molecule has 0 aromatic heterocycles. The number of hydrogen-bond donors (Lipinski definition) is 0. The minimum Gasteiger partial charge on any atom is -0.346 e. The van der Waals surface area contributed by atoms with Crippen molar-refractivity contribution in [3.63, 3.8) is 0 Å². The second kappa shape index (κ2) is 22.6.